The maximum Gasteiger partial charge on any atom is 0.336 e. The Labute approximate surface area is 196 Å². The van der Waals surface area contributed by atoms with Crippen molar-refractivity contribution < 1.29 is 29.1 Å². The number of hydrogen-bond donors (Lipinski definition) is 1. The number of benzene rings is 2. The molecule has 2 atom stereocenters. The lowest BCUT2D eigenvalue weighted by Crippen LogP contribution is -2.36. The van der Waals surface area contributed by atoms with Crippen LogP contribution in [0.2, 0.25) is 0 Å². The van der Waals surface area contributed by atoms with Gasteiger partial charge in [-0.1, -0.05) is 24.3 Å². The van der Waals surface area contributed by atoms with E-state index in [0.717, 1.165) is 5.56 Å². The van der Waals surface area contributed by atoms with E-state index in [9.17, 15) is 24.8 Å². The molecule has 0 fully saturated rings. The summed E-state index contributed by atoms with van der Waals surface area (Å²) >= 11 is 0. The number of phenolic OH excluding ortho intramolecular Hbond substituents is 1. The molecule has 34 heavy (non-hydrogen) atoms. The summed E-state index contributed by atoms with van der Waals surface area (Å²) in [7, 11) is 1.24. The fourth-order valence-corrected chi connectivity index (χ4v) is 4.11. The molecule has 178 valence electrons. The number of nitrogens with zero attached hydrogens (tertiary/aromatic N) is 2. The summed E-state index contributed by atoms with van der Waals surface area (Å²) in [5.74, 6) is -2.81. The molecule has 2 unspecified atom stereocenters. The number of esters is 2. The zero-order valence-electron chi connectivity index (χ0n) is 19.2. The standard InChI is InChI=1S/C25H26N2O7/c1-15-21(24(29)33-3)23(18-7-4-8-19(14-18)27(31)32)22(16(2)26-15)25(30)34-13-5-6-17-9-11-20(28)12-10-17/h4,7-12,14,21,23,28H,5-6,13H2,1-3H3. The van der Waals surface area contributed by atoms with Crippen LogP contribution in [0.5, 0.6) is 5.75 Å². The Morgan fingerprint density at radius 1 is 1.15 bits per heavy atom. The Morgan fingerprint density at radius 2 is 1.85 bits per heavy atom. The van der Waals surface area contributed by atoms with E-state index in [1.807, 2.05) is 0 Å². The second-order valence-electron chi connectivity index (χ2n) is 7.99. The van der Waals surface area contributed by atoms with Gasteiger partial charge in [-0.05, 0) is 49.9 Å². The molecule has 1 N–H and O–H groups in total. The molecule has 2 aromatic carbocycles. The molecule has 0 aliphatic carbocycles. The minimum atomic E-state index is -0.921. The van der Waals surface area contributed by atoms with Crippen molar-refractivity contribution >= 4 is 23.3 Å². The third-order valence-electron chi connectivity index (χ3n) is 5.72. The van der Waals surface area contributed by atoms with Gasteiger partial charge in [0.25, 0.3) is 5.69 Å². The second kappa shape index (κ2) is 10.7. The molecule has 0 amide bonds. The van der Waals surface area contributed by atoms with Crippen molar-refractivity contribution in [3.63, 3.8) is 0 Å². The monoisotopic (exact) mass is 466 g/mol. The van der Waals surface area contributed by atoms with Crippen LogP contribution in [0.3, 0.4) is 0 Å². The van der Waals surface area contributed by atoms with Gasteiger partial charge in [0.1, 0.15) is 11.7 Å². The van der Waals surface area contributed by atoms with Crippen LogP contribution in [-0.2, 0) is 25.5 Å². The van der Waals surface area contributed by atoms with Gasteiger partial charge >= 0.3 is 11.9 Å². The number of aliphatic imine (C=N–C) groups is 1. The van der Waals surface area contributed by atoms with Crippen molar-refractivity contribution in [2.45, 2.75) is 32.6 Å². The number of non-ortho nitro benzene ring substituents is 1. The van der Waals surface area contributed by atoms with Crippen LogP contribution in [0, 0.1) is 16.0 Å². The molecular weight excluding hydrogens is 440 g/mol. The highest BCUT2D eigenvalue weighted by Crippen LogP contribution is 2.40. The summed E-state index contributed by atoms with van der Waals surface area (Å²) in [4.78, 5) is 41.0. The number of methoxy groups -OCH3 is 1. The highest BCUT2D eigenvalue weighted by atomic mass is 16.6. The van der Waals surface area contributed by atoms with E-state index in [4.69, 9.17) is 9.47 Å². The molecule has 0 saturated heterocycles. The maximum atomic E-state index is 13.2. The quantitative estimate of drug-likeness (QED) is 0.268. The van der Waals surface area contributed by atoms with Gasteiger partial charge in [0, 0.05) is 29.5 Å². The average molecular weight is 466 g/mol. The molecule has 9 heteroatoms. The SMILES string of the molecule is COC(=O)C1C(C)=NC(C)=C(C(=O)OCCCc2ccc(O)cc2)C1c1cccc([N+](=O)[O-])c1. The van der Waals surface area contributed by atoms with Crippen LogP contribution < -0.4 is 0 Å². The number of rotatable bonds is 8. The number of carbonyl (C=O) groups excluding carboxylic acids is 2. The molecule has 2 aromatic rings. The fourth-order valence-electron chi connectivity index (χ4n) is 4.11. The normalized spacial score (nSPS) is 17.7. The van der Waals surface area contributed by atoms with Gasteiger partial charge in [0.15, 0.2) is 0 Å². The number of allylic oxidation sites excluding steroid dienone is 1. The van der Waals surface area contributed by atoms with Gasteiger partial charge in [-0.2, -0.15) is 0 Å². The van der Waals surface area contributed by atoms with Gasteiger partial charge < -0.3 is 14.6 Å². The van der Waals surface area contributed by atoms with Crippen molar-refractivity contribution in [1.82, 2.24) is 0 Å². The number of aryl methyl sites for hydroxylation is 1. The number of aromatic hydroxyl groups is 1. The van der Waals surface area contributed by atoms with Crippen molar-refractivity contribution in [3.05, 3.63) is 81.0 Å². The third-order valence-corrected chi connectivity index (χ3v) is 5.72. The predicted octanol–water partition coefficient (Wildman–Crippen LogP) is 4.10. The summed E-state index contributed by atoms with van der Waals surface area (Å²) in [6.07, 6.45) is 1.19. The lowest BCUT2D eigenvalue weighted by atomic mass is 9.75. The molecule has 3 rings (SSSR count). The zero-order chi connectivity index (χ0) is 24.8. The van der Waals surface area contributed by atoms with Crippen molar-refractivity contribution in [1.29, 1.82) is 0 Å². The van der Waals surface area contributed by atoms with Gasteiger partial charge in [-0.25, -0.2) is 4.79 Å². The van der Waals surface area contributed by atoms with Crippen LogP contribution in [0.25, 0.3) is 0 Å². The van der Waals surface area contributed by atoms with E-state index in [1.165, 1.54) is 25.3 Å². The largest absolute Gasteiger partial charge is 0.508 e. The number of hydrogen-bond acceptors (Lipinski definition) is 8. The first-order valence-corrected chi connectivity index (χ1v) is 10.8. The number of nitro groups is 1. The summed E-state index contributed by atoms with van der Waals surface area (Å²) in [5.41, 5.74) is 2.27. The first-order chi connectivity index (χ1) is 16.2. The maximum absolute atomic E-state index is 13.2. The summed E-state index contributed by atoms with van der Waals surface area (Å²) in [6, 6.07) is 12.6. The van der Waals surface area contributed by atoms with E-state index in [2.05, 4.69) is 4.99 Å². The van der Waals surface area contributed by atoms with Crippen molar-refractivity contribution in [2.75, 3.05) is 13.7 Å². The molecule has 1 aliphatic rings. The van der Waals surface area contributed by atoms with Gasteiger partial charge in [0.2, 0.25) is 0 Å². The van der Waals surface area contributed by atoms with E-state index < -0.39 is 28.7 Å². The van der Waals surface area contributed by atoms with E-state index in [-0.39, 0.29) is 23.6 Å². The number of ether oxygens (including phenoxy) is 2. The Bertz CT molecular complexity index is 1150. The van der Waals surface area contributed by atoms with Crippen LogP contribution in [0.15, 0.2) is 64.8 Å². The van der Waals surface area contributed by atoms with Crippen molar-refractivity contribution in [3.8, 4) is 5.75 Å². The van der Waals surface area contributed by atoms with E-state index in [0.29, 0.717) is 29.8 Å². The molecule has 1 aliphatic heterocycles. The Kier molecular flexibility index (Phi) is 7.78. The minimum Gasteiger partial charge on any atom is -0.508 e. The van der Waals surface area contributed by atoms with Gasteiger partial charge in [-0.15, -0.1) is 0 Å². The number of phenols is 1. The highest BCUT2D eigenvalue weighted by molar-refractivity contribution is 6.07. The first-order valence-electron chi connectivity index (χ1n) is 10.8. The highest BCUT2D eigenvalue weighted by Gasteiger charge is 2.42. The Morgan fingerprint density at radius 3 is 2.50 bits per heavy atom. The van der Waals surface area contributed by atoms with Crippen LogP contribution in [0.4, 0.5) is 5.69 Å². The zero-order valence-corrected chi connectivity index (χ0v) is 19.2. The molecule has 1 heterocycles. The lowest BCUT2D eigenvalue weighted by Gasteiger charge is -2.31. The second-order valence-corrected chi connectivity index (χ2v) is 7.99. The molecule has 0 bridgehead atoms. The lowest BCUT2D eigenvalue weighted by molar-refractivity contribution is -0.384. The minimum absolute atomic E-state index is 0.129. The number of carbonyl (C=O) groups is 2. The van der Waals surface area contributed by atoms with Crippen LogP contribution in [-0.4, -0.2) is 41.4 Å². The molecule has 0 saturated carbocycles. The smallest absolute Gasteiger partial charge is 0.336 e. The summed E-state index contributed by atoms with van der Waals surface area (Å²) in [6.45, 7) is 3.44. The number of nitro benzene ring substituents is 1. The van der Waals surface area contributed by atoms with Crippen molar-refractivity contribution in [2.24, 2.45) is 10.9 Å². The predicted molar refractivity (Wildman–Crippen MR) is 125 cm³/mol. The topological polar surface area (TPSA) is 128 Å². The third kappa shape index (κ3) is 5.48. The molecule has 0 spiro atoms. The Balaban J connectivity index is 1.86. The summed E-state index contributed by atoms with van der Waals surface area (Å²) < 4.78 is 10.5. The molecular formula is C25H26N2O7. The van der Waals surface area contributed by atoms with Gasteiger partial charge in [0.05, 0.1) is 24.2 Å². The van der Waals surface area contributed by atoms with Gasteiger partial charge in [-0.3, -0.25) is 19.9 Å². The summed E-state index contributed by atoms with van der Waals surface area (Å²) in [5, 5.41) is 20.7. The Hall–Kier alpha value is -4.01. The van der Waals surface area contributed by atoms with Crippen LogP contribution in [0.1, 0.15) is 37.3 Å². The molecule has 0 radical (unpaired) electrons. The first kappa shape index (κ1) is 24.6. The van der Waals surface area contributed by atoms with Crippen LogP contribution >= 0.6 is 0 Å². The van der Waals surface area contributed by atoms with E-state index in [1.54, 1.807) is 44.2 Å². The fraction of sp³-hybridized carbons (Fsp3) is 0.320. The molecule has 9 nitrogen and oxygen atoms in total. The van der Waals surface area contributed by atoms with E-state index >= 15 is 0 Å². The average Bonchev–Trinajstić information content (AvgIpc) is 2.82. The molecule has 0 aromatic heterocycles.